The molecule has 1 aromatic heterocycles. The van der Waals surface area contributed by atoms with Crippen molar-refractivity contribution in [3.8, 4) is 0 Å². The minimum atomic E-state index is -1.20. The van der Waals surface area contributed by atoms with Crippen LogP contribution in [0.15, 0.2) is 11.6 Å². The maximum absolute atomic E-state index is 11.2. The number of aromatic nitrogens is 1. The summed E-state index contributed by atoms with van der Waals surface area (Å²) >= 11 is 1.43. The minimum Gasteiger partial charge on any atom is -0.480 e. The minimum absolute atomic E-state index is 0.114. The van der Waals surface area contributed by atoms with Crippen molar-refractivity contribution in [1.29, 1.82) is 0 Å². The maximum Gasteiger partial charge on any atom is 0.408 e. The number of carbonyl (C=O) groups is 2. The molecule has 0 spiro atoms. The summed E-state index contributed by atoms with van der Waals surface area (Å²) in [6, 6.07) is -1.00. The van der Waals surface area contributed by atoms with Crippen molar-refractivity contribution in [2.75, 3.05) is 6.54 Å². The van der Waals surface area contributed by atoms with E-state index in [1.54, 1.807) is 6.20 Å². The highest BCUT2D eigenvalue weighted by atomic mass is 32.1. The molecule has 0 aliphatic carbocycles. The average molecular weight is 286 g/mol. The van der Waals surface area contributed by atoms with Gasteiger partial charge in [0.2, 0.25) is 0 Å². The molecule has 1 amide bonds. The van der Waals surface area contributed by atoms with E-state index in [0.29, 0.717) is 12.8 Å². The highest BCUT2D eigenvalue weighted by Crippen LogP contribution is 2.14. The molecule has 0 fully saturated rings. The van der Waals surface area contributed by atoms with Crippen molar-refractivity contribution in [3.05, 3.63) is 16.6 Å². The molecule has 1 atom stereocenters. The van der Waals surface area contributed by atoms with Gasteiger partial charge in [0, 0.05) is 24.5 Å². The molecule has 7 heteroatoms. The van der Waals surface area contributed by atoms with Crippen molar-refractivity contribution in [2.24, 2.45) is 5.92 Å². The van der Waals surface area contributed by atoms with E-state index < -0.39 is 18.1 Å². The van der Waals surface area contributed by atoms with Gasteiger partial charge < -0.3 is 10.2 Å². The smallest absolute Gasteiger partial charge is 0.408 e. The van der Waals surface area contributed by atoms with Crippen LogP contribution in [-0.2, 0) is 11.2 Å². The molecule has 0 aromatic carbocycles. The molecule has 19 heavy (non-hydrogen) atoms. The van der Waals surface area contributed by atoms with Crippen LogP contribution in [0.1, 0.15) is 25.3 Å². The van der Waals surface area contributed by atoms with Crippen LogP contribution in [0, 0.1) is 5.92 Å². The fourth-order valence-corrected chi connectivity index (χ4v) is 2.39. The molecule has 1 unspecified atom stereocenters. The lowest BCUT2D eigenvalue weighted by atomic mass is 10.0. The first-order chi connectivity index (χ1) is 8.91. The second-order valence-corrected chi connectivity index (χ2v) is 5.61. The van der Waals surface area contributed by atoms with Gasteiger partial charge in [0.05, 0.1) is 5.01 Å². The second kappa shape index (κ2) is 7.08. The first-order valence-corrected chi connectivity index (χ1v) is 6.90. The van der Waals surface area contributed by atoms with Crippen LogP contribution in [0.5, 0.6) is 0 Å². The third-order valence-corrected chi connectivity index (χ3v) is 3.49. The fourth-order valence-electron chi connectivity index (χ4n) is 1.79. The van der Waals surface area contributed by atoms with E-state index in [-0.39, 0.29) is 12.5 Å². The number of rotatable bonds is 7. The first-order valence-electron chi connectivity index (χ1n) is 6.02. The van der Waals surface area contributed by atoms with Gasteiger partial charge >= 0.3 is 12.1 Å². The molecule has 1 rings (SSSR count). The van der Waals surface area contributed by atoms with E-state index in [2.05, 4.69) is 4.98 Å². The van der Waals surface area contributed by atoms with Gasteiger partial charge in [0.25, 0.3) is 0 Å². The van der Waals surface area contributed by atoms with Gasteiger partial charge in [-0.05, 0) is 12.3 Å². The van der Waals surface area contributed by atoms with Crippen LogP contribution in [0.2, 0.25) is 0 Å². The van der Waals surface area contributed by atoms with Crippen molar-refractivity contribution < 1.29 is 19.8 Å². The number of thiazole rings is 1. The summed E-state index contributed by atoms with van der Waals surface area (Å²) in [5.74, 6) is -0.988. The Morgan fingerprint density at radius 1 is 1.42 bits per heavy atom. The fraction of sp³-hybridized carbons (Fsp3) is 0.583. The van der Waals surface area contributed by atoms with Crippen LogP contribution >= 0.6 is 11.3 Å². The van der Waals surface area contributed by atoms with E-state index in [1.165, 1.54) is 11.3 Å². The lowest BCUT2D eigenvalue weighted by molar-refractivity contribution is -0.143. The molecule has 0 saturated carbocycles. The summed E-state index contributed by atoms with van der Waals surface area (Å²) in [4.78, 5) is 27.5. The van der Waals surface area contributed by atoms with E-state index in [9.17, 15) is 19.8 Å². The maximum atomic E-state index is 11.2. The van der Waals surface area contributed by atoms with Gasteiger partial charge in [-0.3, -0.25) is 4.90 Å². The summed E-state index contributed by atoms with van der Waals surface area (Å²) in [5, 5.41) is 21.0. The van der Waals surface area contributed by atoms with Crippen molar-refractivity contribution in [2.45, 2.75) is 32.7 Å². The molecule has 0 bridgehead atoms. The lowest BCUT2D eigenvalue weighted by Crippen LogP contribution is -2.46. The molecule has 6 nitrogen and oxygen atoms in total. The zero-order valence-corrected chi connectivity index (χ0v) is 11.8. The summed E-state index contributed by atoms with van der Waals surface area (Å²) < 4.78 is 0. The van der Waals surface area contributed by atoms with Crippen molar-refractivity contribution >= 4 is 23.4 Å². The molecule has 1 aromatic rings. The van der Waals surface area contributed by atoms with Crippen molar-refractivity contribution in [3.63, 3.8) is 0 Å². The standard InChI is InChI=1S/C12H18N2O4S/c1-8(2)7-9(11(15)16)14(12(17)18)5-3-10-13-4-6-19-10/h4,6,8-9H,3,5,7H2,1-2H3,(H,15,16)(H,17,18). The molecule has 106 valence electrons. The van der Waals surface area contributed by atoms with Crippen LogP contribution in [0.25, 0.3) is 0 Å². The van der Waals surface area contributed by atoms with Crippen LogP contribution in [0.4, 0.5) is 4.79 Å². The summed E-state index contributed by atoms with van der Waals surface area (Å²) in [6.07, 6.45) is 1.18. The zero-order valence-electron chi connectivity index (χ0n) is 10.9. The monoisotopic (exact) mass is 286 g/mol. The second-order valence-electron chi connectivity index (χ2n) is 4.64. The zero-order chi connectivity index (χ0) is 14.4. The number of hydrogen-bond acceptors (Lipinski definition) is 4. The SMILES string of the molecule is CC(C)CC(C(=O)O)N(CCc1nccs1)C(=O)O. The molecule has 0 radical (unpaired) electrons. The van der Waals surface area contributed by atoms with Gasteiger partial charge in [-0.15, -0.1) is 11.3 Å². The highest BCUT2D eigenvalue weighted by Gasteiger charge is 2.30. The third-order valence-electron chi connectivity index (χ3n) is 2.65. The molecular weight excluding hydrogens is 268 g/mol. The summed E-state index contributed by atoms with van der Waals surface area (Å²) in [5.41, 5.74) is 0. The number of nitrogens with zero attached hydrogens (tertiary/aromatic N) is 2. The molecule has 1 heterocycles. The Balaban J connectivity index is 2.73. The molecule has 0 aliphatic heterocycles. The number of hydrogen-bond donors (Lipinski definition) is 2. The van der Waals surface area contributed by atoms with E-state index in [4.69, 9.17) is 0 Å². The van der Waals surface area contributed by atoms with Crippen LogP contribution in [0.3, 0.4) is 0 Å². The average Bonchev–Trinajstić information content (AvgIpc) is 2.79. The topological polar surface area (TPSA) is 90.7 Å². The Labute approximate surface area is 115 Å². The summed E-state index contributed by atoms with van der Waals surface area (Å²) in [6.45, 7) is 3.89. The Kier molecular flexibility index (Phi) is 5.75. The Bertz CT molecular complexity index is 419. The number of aliphatic carboxylic acids is 1. The Morgan fingerprint density at radius 2 is 2.11 bits per heavy atom. The van der Waals surface area contributed by atoms with Gasteiger partial charge in [-0.2, -0.15) is 0 Å². The van der Waals surface area contributed by atoms with Gasteiger partial charge in [-0.25, -0.2) is 14.6 Å². The highest BCUT2D eigenvalue weighted by molar-refractivity contribution is 7.09. The molecule has 0 aliphatic rings. The Hall–Kier alpha value is -1.63. The van der Waals surface area contributed by atoms with E-state index in [0.717, 1.165) is 9.91 Å². The van der Waals surface area contributed by atoms with Crippen LogP contribution in [-0.4, -0.2) is 44.7 Å². The normalized spacial score (nSPS) is 12.4. The number of carboxylic acids is 1. The molecular formula is C12H18N2O4S. The largest absolute Gasteiger partial charge is 0.480 e. The quantitative estimate of drug-likeness (QED) is 0.801. The lowest BCUT2D eigenvalue weighted by Gasteiger charge is -2.27. The summed E-state index contributed by atoms with van der Waals surface area (Å²) in [7, 11) is 0. The van der Waals surface area contributed by atoms with E-state index in [1.807, 2.05) is 19.2 Å². The van der Waals surface area contributed by atoms with Crippen molar-refractivity contribution in [1.82, 2.24) is 9.88 Å². The predicted octanol–water partition coefficient (Wildman–Crippen LogP) is 2.16. The van der Waals surface area contributed by atoms with Gasteiger partial charge in [0.15, 0.2) is 0 Å². The van der Waals surface area contributed by atoms with Gasteiger partial charge in [-0.1, -0.05) is 13.8 Å². The van der Waals surface area contributed by atoms with Gasteiger partial charge in [0.1, 0.15) is 6.04 Å². The van der Waals surface area contributed by atoms with E-state index >= 15 is 0 Å². The third kappa shape index (κ3) is 4.86. The molecule has 0 saturated heterocycles. The first kappa shape index (κ1) is 15.4. The number of amides is 1. The predicted molar refractivity (Wildman–Crippen MR) is 71.4 cm³/mol. The number of carboxylic acid groups (broad SMARTS) is 2. The Morgan fingerprint density at radius 3 is 2.53 bits per heavy atom. The molecule has 2 N–H and O–H groups in total. The van der Waals surface area contributed by atoms with Crippen LogP contribution < -0.4 is 0 Å².